The lowest BCUT2D eigenvalue weighted by Gasteiger charge is -2.02. The zero-order chi connectivity index (χ0) is 11.1. The lowest BCUT2D eigenvalue weighted by atomic mass is 10.1. The second-order valence-electron chi connectivity index (χ2n) is 5.13. The standard InChI is InChI=1S/C11H19N3O/c1-4-5-8(12)10-13-9(14-15-10)7-6-11(7,2)3/h7-8H,4-6,12H2,1-3H3/t7?,8-/m0/s1. The Morgan fingerprint density at radius 2 is 2.27 bits per heavy atom. The van der Waals surface area contributed by atoms with Gasteiger partial charge in [-0.1, -0.05) is 32.3 Å². The molecule has 1 unspecified atom stereocenters. The molecular weight excluding hydrogens is 190 g/mol. The number of nitrogens with zero attached hydrogens (tertiary/aromatic N) is 2. The molecule has 1 aromatic rings. The van der Waals surface area contributed by atoms with Crippen molar-refractivity contribution in [3.8, 4) is 0 Å². The van der Waals surface area contributed by atoms with Crippen LogP contribution in [0.4, 0.5) is 0 Å². The highest BCUT2D eigenvalue weighted by molar-refractivity contribution is 5.14. The highest BCUT2D eigenvalue weighted by atomic mass is 16.5. The van der Waals surface area contributed by atoms with Crippen LogP contribution < -0.4 is 5.73 Å². The molecule has 2 atom stereocenters. The van der Waals surface area contributed by atoms with E-state index in [0.717, 1.165) is 25.1 Å². The third-order valence-electron chi connectivity index (χ3n) is 3.20. The van der Waals surface area contributed by atoms with Crippen LogP contribution in [-0.2, 0) is 0 Å². The third kappa shape index (κ3) is 2.04. The van der Waals surface area contributed by atoms with Crippen molar-refractivity contribution in [3.05, 3.63) is 11.7 Å². The van der Waals surface area contributed by atoms with Crippen LogP contribution >= 0.6 is 0 Å². The third-order valence-corrected chi connectivity index (χ3v) is 3.20. The number of hydrogen-bond donors (Lipinski definition) is 1. The Balaban J connectivity index is 2.05. The summed E-state index contributed by atoms with van der Waals surface area (Å²) in [6, 6.07) is -0.0990. The van der Waals surface area contributed by atoms with E-state index < -0.39 is 0 Å². The van der Waals surface area contributed by atoms with Gasteiger partial charge in [-0.05, 0) is 18.3 Å². The summed E-state index contributed by atoms with van der Waals surface area (Å²) in [4.78, 5) is 4.38. The molecule has 0 spiro atoms. The smallest absolute Gasteiger partial charge is 0.243 e. The predicted molar refractivity (Wildman–Crippen MR) is 57.3 cm³/mol. The van der Waals surface area contributed by atoms with E-state index in [0.29, 0.717) is 17.2 Å². The highest BCUT2D eigenvalue weighted by Crippen LogP contribution is 2.57. The van der Waals surface area contributed by atoms with E-state index in [9.17, 15) is 0 Å². The summed E-state index contributed by atoms with van der Waals surface area (Å²) in [5.74, 6) is 1.89. The van der Waals surface area contributed by atoms with Crippen LogP contribution in [-0.4, -0.2) is 10.1 Å². The minimum Gasteiger partial charge on any atom is -0.338 e. The maximum Gasteiger partial charge on any atom is 0.243 e. The SMILES string of the molecule is CCC[C@H](N)c1nc(C2CC2(C)C)no1. The molecule has 0 bridgehead atoms. The van der Waals surface area contributed by atoms with Crippen LogP contribution in [0.5, 0.6) is 0 Å². The molecule has 1 fully saturated rings. The van der Waals surface area contributed by atoms with Crippen LogP contribution in [0.25, 0.3) is 0 Å². The normalized spacial score (nSPS) is 25.2. The second-order valence-corrected chi connectivity index (χ2v) is 5.13. The minimum absolute atomic E-state index is 0.0990. The van der Waals surface area contributed by atoms with E-state index in [2.05, 4.69) is 30.9 Å². The van der Waals surface area contributed by atoms with Gasteiger partial charge in [0.05, 0.1) is 6.04 Å². The summed E-state index contributed by atoms with van der Waals surface area (Å²) in [5.41, 5.74) is 6.25. The van der Waals surface area contributed by atoms with Gasteiger partial charge in [-0.15, -0.1) is 0 Å². The maximum atomic E-state index is 5.91. The van der Waals surface area contributed by atoms with Crippen LogP contribution in [0, 0.1) is 5.41 Å². The summed E-state index contributed by atoms with van der Waals surface area (Å²) in [7, 11) is 0. The van der Waals surface area contributed by atoms with E-state index in [-0.39, 0.29) is 6.04 Å². The summed E-state index contributed by atoms with van der Waals surface area (Å²) in [6.07, 6.45) is 3.08. The molecule has 0 radical (unpaired) electrons. The molecule has 4 nitrogen and oxygen atoms in total. The number of aromatic nitrogens is 2. The van der Waals surface area contributed by atoms with Crippen molar-refractivity contribution in [2.75, 3.05) is 0 Å². The molecule has 0 aliphatic heterocycles. The Labute approximate surface area is 90.2 Å². The molecule has 1 aromatic heterocycles. The van der Waals surface area contributed by atoms with Gasteiger partial charge in [-0.2, -0.15) is 4.98 Å². The van der Waals surface area contributed by atoms with Gasteiger partial charge in [0.2, 0.25) is 5.89 Å². The predicted octanol–water partition coefficient (Wildman–Crippen LogP) is 2.38. The molecule has 0 aromatic carbocycles. The average Bonchev–Trinajstić information content (AvgIpc) is 2.66. The fourth-order valence-electron chi connectivity index (χ4n) is 1.88. The van der Waals surface area contributed by atoms with Crippen molar-refractivity contribution in [2.45, 2.75) is 52.0 Å². The molecule has 15 heavy (non-hydrogen) atoms. The zero-order valence-electron chi connectivity index (χ0n) is 9.66. The lowest BCUT2D eigenvalue weighted by molar-refractivity contribution is 0.343. The fraction of sp³-hybridized carbons (Fsp3) is 0.818. The molecule has 1 heterocycles. The van der Waals surface area contributed by atoms with Gasteiger partial charge in [0.1, 0.15) is 0 Å². The highest BCUT2D eigenvalue weighted by Gasteiger charge is 2.49. The molecule has 84 valence electrons. The molecule has 1 aliphatic rings. The lowest BCUT2D eigenvalue weighted by Crippen LogP contribution is -2.10. The topological polar surface area (TPSA) is 64.9 Å². The second kappa shape index (κ2) is 3.59. The van der Waals surface area contributed by atoms with Crippen LogP contribution in [0.15, 0.2) is 4.52 Å². The van der Waals surface area contributed by atoms with Crippen molar-refractivity contribution in [3.63, 3.8) is 0 Å². The summed E-state index contributed by atoms with van der Waals surface area (Å²) < 4.78 is 5.19. The molecule has 1 aliphatic carbocycles. The van der Waals surface area contributed by atoms with Crippen molar-refractivity contribution in [2.24, 2.45) is 11.1 Å². The first kappa shape index (κ1) is 10.6. The molecule has 2 rings (SSSR count). The molecule has 1 saturated carbocycles. The van der Waals surface area contributed by atoms with E-state index in [1.807, 2.05) is 0 Å². The van der Waals surface area contributed by atoms with Crippen LogP contribution in [0.1, 0.15) is 63.7 Å². The quantitative estimate of drug-likeness (QED) is 0.826. The first-order chi connectivity index (χ1) is 7.04. The van der Waals surface area contributed by atoms with Crippen molar-refractivity contribution >= 4 is 0 Å². The Hall–Kier alpha value is -0.900. The zero-order valence-corrected chi connectivity index (χ0v) is 9.66. The summed E-state index contributed by atoms with van der Waals surface area (Å²) in [5, 5.41) is 4.01. The van der Waals surface area contributed by atoms with Gasteiger partial charge in [0, 0.05) is 5.92 Å². The van der Waals surface area contributed by atoms with Gasteiger partial charge in [0.15, 0.2) is 5.82 Å². The molecular formula is C11H19N3O. The van der Waals surface area contributed by atoms with Gasteiger partial charge >= 0.3 is 0 Å². The van der Waals surface area contributed by atoms with Gasteiger partial charge in [0.25, 0.3) is 0 Å². The van der Waals surface area contributed by atoms with E-state index >= 15 is 0 Å². The van der Waals surface area contributed by atoms with Crippen molar-refractivity contribution in [1.29, 1.82) is 0 Å². The van der Waals surface area contributed by atoms with E-state index in [4.69, 9.17) is 10.3 Å². The average molecular weight is 209 g/mol. The summed E-state index contributed by atoms with van der Waals surface area (Å²) in [6.45, 7) is 6.54. The molecule has 4 heteroatoms. The van der Waals surface area contributed by atoms with Gasteiger partial charge < -0.3 is 10.3 Å². The van der Waals surface area contributed by atoms with Crippen molar-refractivity contribution < 1.29 is 4.52 Å². The van der Waals surface area contributed by atoms with Gasteiger partial charge in [-0.25, -0.2) is 0 Å². The Morgan fingerprint density at radius 1 is 1.60 bits per heavy atom. The molecule has 0 saturated heterocycles. The minimum atomic E-state index is -0.0990. The first-order valence-electron chi connectivity index (χ1n) is 5.63. The summed E-state index contributed by atoms with van der Waals surface area (Å²) >= 11 is 0. The number of rotatable bonds is 4. The number of nitrogens with two attached hydrogens (primary N) is 1. The van der Waals surface area contributed by atoms with Crippen molar-refractivity contribution in [1.82, 2.24) is 10.1 Å². The van der Waals surface area contributed by atoms with Crippen LogP contribution in [0.2, 0.25) is 0 Å². The largest absolute Gasteiger partial charge is 0.338 e. The van der Waals surface area contributed by atoms with E-state index in [1.54, 1.807) is 0 Å². The van der Waals surface area contributed by atoms with Gasteiger partial charge in [-0.3, -0.25) is 0 Å². The fourth-order valence-corrected chi connectivity index (χ4v) is 1.88. The van der Waals surface area contributed by atoms with Crippen LogP contribution in [0.3, 0.4) is 0 Å². The molecule has 2 N–H and O–H groups in total. The number of hydrogen-bond acceptors (Lipinski definition) is 4. The van der Waals surface area contributed by atoms with E-state index in [1.165, 1.54) is 0 Å². The Morgan fingerprint density at radius 3 is 2.80 bits per heavy atom. The molecule has 0 amide bonds. The Bertz CT molecular complexity index is 345. The Kier molecular flexibility index (Phi) is 2.54. The maximum absolute atomic E-state index is 5.91. The monoisotopic (exact) mass is 209 g/mol. The first-order valence-corrected chi connectivity index (χ1v) is 5.63.